The Morgan fingerprint density at radius 2 is 2.12 bits per heavy atom. The van der Waals surface area contributed by atoms with Gasteiger partial charge in [0.2, 0.25) is 0 Å². The highest BCUT2D eigenvalue weighted by Crippen LogP contribution is 2.19. The Bertz CT molecular complexity index is 550. The van der Waals surface area contributed by atoms with E-state index in [1.807, 2.05) is 31.2 Å². The van der Waals surface area contributed by atoms with Crippen LogP contribution in [-0.2, 0) is 6.54 Å². The van der Waals surface area contributed by atoms with Gasteiger partial charge in [0.15, 0.2) is 5.82 Å². The Hall–Kier alpha value is -2.22. The molecule has 0 aliphatic rings. The van der Waals surface area contributed by atoms with Gasteiger partial charge in [0.05, 0.1) is 6.07 Å². The Morgan fingerprint density at radius 1 is 1.31 bits per heavy atom. The van der Waals surface area contributed by atoms with Gasteiger partial charge in [-0.3, -0.25) is 0 Å². The maximum absolute atomic E-state index is 8.64. The number of aryl methyl sites for hydroxylation is 2. The number of aromatic nitrogens is 4. The molecule has 80 valence electrons. The molecular formula is C11H11N5. The van der Waals surface area contributed by atoms with Crippen molar-refractivity contribution in [1.29, 1.82) is 5.26 Å². The first-order valence-corrected chi connectivity index (χ1v) is 4.93. The molecule has 0 aliphatic heterocycles. The molecule has 0 saturated heterocycles. The lowest BCUT2D eigenvalue weighted by molar-refractivity contribution is 0.671. The maximum atomic E-state index is 8.64. The van der Waals surface area contributed by atoms with Crippen molar-refractivity contribution in [3.05, 3.63) is 29.3 Å². The summed E-state index contributed by atoms with van der Waals surface area (Å²) in [5.74, 6) is 0.629. The van der Waals surface area contributed by atoms with E-state index in [0.717, 1.165) is 5.56 Å². The fourth-order valence-electron chi connectivity index (χ4n) is 1.47. The van der Waals surface area contributed by atoms with Crippen molar-refractivity contribution in [3.8, 4) is 17.5 Å². The van der Waals surface area contributed by atoms with Gasteiger partial charge >= 0.3 is 0 Å². The van der Waals surface area contributed by atoms with Gasteiger partial charge in [-0.1, -0.05) is 12.1 Å². The monoisotopic (exact) mass is 213 g/mol. The van der Waals surface area contributed by atoms with Gasteiger partial charge in [-0.05, 0) is 41.5 Å². The van der Waals surface area contributed by atoms with Crippen molar-refractivity contribution in [3.63, 3.8) is 0 Å². The second-order valence-electron chi connectivity index (χ2n) is 3.62. The molecule has 0 saturated carbocycles. The SMILES string of the molecule is Cc1ccc(-c2nnnn2CC#N)cc1C. The summed E-state index contributed by atoms with van der Waals surface area (Å²) in [6.45, 7) is 4.25. The van der Waals surface area contributed by atoms with Crippen LogP contribution in [0.3, 0.4) is 0 Å². The standard InChI is InChI=1S/C11H11N5/c1-8-3-4-10(7-9(8)2)11-13-14-15-16(11)6-5-12/h3-4,7H,6H2,1-2H3. The van der Waals surface area contributed by atoms with E-state index >= 15 is 0 Å². The molecule has 1 heterocycles. The van der Waals surface area contributed by atoms with Crippen LogP contribution in [0.15, 0.2) is 18.2 Å². The van der Waals surface area contributed by atoms with Crippen LogP contribution in [0.2, 0.25) is 0 Å². The number of hydrogen-bond acceptors (Lipinski definition) is 4. The van der Waals surface area contributed by atoms with Crippen LogP contribution >= 0.6 is 0 Å². The average molecular weight is 213 g/mol. The van der Waals surface area contributed by atoms with Gasteiger partial charge in [-0.2, -0.15) is 5.26 Å². The minimum Gasteiger partial charge on any atom is -0.211 e. The summed E-state index contributed by atoms with van der Waals surface area (Å²) < 4.78 is 1.49. The van der Waals surface area contributed by atoms with Crippen LogP contribution in [0.25, 0.3) is 11.4 Å². The third kappa shape index (κ3) is 1.77. The lowest BCUT2D eigenvalue weighted by Crippen LogP contribution is -2.01. The molecule has 2 rings (SSSR count). The predicted molar refractivity (Wildman–Crippen MR) is 58.3 cm³/mol. The highest BCUT2D eigenvalue weighted by atomic mass is 15.5. The zero-order valence-electron chi connectivity index (χ0n) is 9.18. The van der Waals surface area contributed by atoms with Crippen LogP contribution in [0.4, 0.5) is 0 Å². The summed E-state index contributed by atoms with van der Waals surface area (Å²) in [5.41, 5.74) is 3.34. The number of benzene rings is 1. The average Bonchev–Trinajstić information content (AvgIpc) is 2.71. The van der Waals surface area contributed by atoms with Crippen molar-refractivity contribution in [2.24, 2.45) is 0 Å². The molecule has 2 aromatic rings. The molecule has 0 radical (unpaired) electrons. The summed E-state index contributed by atoms with van der Waals surface area (Å²) in [6.07, 6.45) is 0. The Balaban J connectivity index is 2.47. The summed E-state index contributed by atoms with van der Waals surface area (Å²) in [5, 5.41) is 19.9. The number of rotatable bonds is 2. The first-order chi connectivity index (χ1) is 7.72. The Kier molecular flexibility index (Phi) is 2.64. The zero-order chi connectivity index (χ0) is 11.5. The van der Waals surface area contributed by atoms with Crippen molar-refractivity contribution >= 4 is 0 Å². The highest BCUT2D eigenvalue weighted by Gasteiger charge is 2.08. The summed E-state index contributed by atoms with van der Waals surface area (Å²) in [7, 11) is 0. The van der Waals surface area contributed by atoms with Crippen LogP contribution < -0.4 is 0 Å². The van der Waals surface area contributed by atoms with Crippen LogP contribution in [0.5, 0.6) is 0 Å². The smallest absolute Gasteiger partial charge is 0.183 e. The van der Waals surface area contributed by atoms with Crippen LogP contribution in [0, 0.1) is 25.2 Å². The molecule has 0 amide bonds. The second kappa shape index (κ2) is 4.11. The van der Waals surface area contributed by atoms with E-state index < -0.39 is 0 Å². The zero-order valence-corrected chi connectivity index (χ0v) is 9.18. The molecular weight excluding hydrogens is 202 g/mol. The molecule has 0 spiro atoms. The quantitative estimate of drug-likeness (QED) is 0.757. The molecule has 0 aliphatic carbocycles. The maximum Gasteiger partial charge on any atom is 0.183 e. The summed E-state index contributed by atoms with van der Waals surface area (Å²) in [4.78, 5) is 0. The Labute approximate surface area is 93.3 Å². The van der Waals surface area contributed by atoms with E-state index in [1.165, 1.54) is 15.8 Å². The largest absolute Gasteiger partial charge is 0.211 e. The van der Waals surface area contributed by atoms with Gasteiger partial charge in [-0.15, -0.1) is 5.10 Å². The van der Waals surface area contributed by atoms with Gasteiger partial charge in [0.25, 0.3) is 0 Å². The first kappa shape index (κ1) is 10.3. The van der Waals surface area contributed by atoms with Gasteiger partial charge < -0.3 is 0 Å². The normalized spacial score (nSPS) is 10.1. The highest BCUT2D eigenvalue weighted by molar-refractivity contribution is 5.56. The fourth-order valence-corrected chi connectivity index (χ4v) is 1.47. The third-order valence-electron chi connectivity index (χ3n) is 2.52. The number of tetrazole rings is 1. The molecule has 0 fully saturated rings. The lowest BCUT2D eigenvalue weighted by Gasteiger charge is -2.03. The Morgan fingerprint density at radius 3 is 2.81 bits per heavy atom. The van der Waals surface area contributed by atoms with E-state index in [9.17, 15) is 0 Å². The van der Waals surface area contributed by atoms with Crippen molar-refractivity contribution < 1.29 is 0 Å². The summed E-state index contributed by atoms with van der Waals surface area (Å²) >= 11 is 0. The topological polar surface area (TPSA) is 67.4 Å². The van der Waals surface area contributed by atoms with Gasteiger partial charge in [-0.25, -0.2) is 4.68 Å². The lowest BCUT2D eigenvalue weighted by atomic mass is 10.1. The van der Waals surface area contributed by atoms with E-state index in [1.54, 1.807) is 0 Å². The molecule has 0 atom stereocenters. The van der Waals surface area contributed by atoms with E-state index in [4.69, 9.17) is 5.26 Å². The first-order valence-electron chi connectivity index (χ1n) is 4.93. The van der Waals surface area contributed by atoms with Crippen molar-refractivity contribution in [2.75, 3.05) is 0 Å². The molecule has 0 unspecified atom stereocenters. The fraction of sp³-hybridized carbons (Fsp3) is 0.273. The predicted octanol–water partition coefficient (Wildman–Crippen LogP) is 1.48. The summed E-state index contributed by atoms with van der Waals surface area (Å²) in [6, 6.07) is 8.03. The minimum atomic E-state index is 0.162. The molecule has 0 N–H and O–H groups in total. The molecule has 5 nitrogen and oxygen atoms in total. The number of hydrogen-bond donors (Lipinski definition) is 0. The third-order valence-corrected chi connectivity index (χ3v) is 2.52. The minimum absolute atomic E-state index is 0.162. The van der Waals surface area contributed by atoms with Gasteiger partial charge in [0.1, 0.15) is 6.54 Å². The molecule has 1 aromatic heterocycles. The molecule has 16 heavy (non-hydrogen) atoms. The van der Waals surface area contributed by atoms with Crippen molar-refractivity contribution in [2.45, 2.75) is 20.4 Å². The number of nitrogens with zero attached hydrogens (tertiary/aromatic N) is 5. The van der Waals surface area contributed by atoms with Gasteiger partial charge in [0, 0.05) is 5.56 Å². The van der Waals surface area contributed by atoms with E-state index in [-0.39, 0.29) is 6.54 Å². The van der Waals surface area contributed by atoms with Crippen LogP contribution in [-0.4, -0.2) is 20.2 Å². The van der Waals surface area contributed by atoms with E-state index in [0.29, 0.717) is 5.82 Å². The molecule has 5 heteroatoms. The number of nitriles is 1. The molecule has 1 aromatic carbocycles. The second-order valence-corrected chi connectivity index (χ2v) is 3.62. The molecule has 0 bridgehead atoms. The van der Waals surface area contributed by atoms with Crippen LogP contribution in [0.1, 0.15) is 11.1 Å². The van der Waals surface area contributed by atoms with Crippen molar-refractivity contribution in [1.82, 2.24) is 20.2 Å². The van der Waals surface area contributed by atoms with E-state index in [2.05, 4.69) is 22.4 Å².